The monoisotopic (exact) mass is 288 g/mol. The van der Waals surface area contributed by atoms with Crippen molar-refractivity contribution in [3.8, 4) is 0 Å². The Kier molecular flexibility index (Phi) is 4.32. The van der Waals surface area contributed by atoms with E-state index in [0.717, 1.165) is 11.1 Å². The number of nitrogens with one attached hydrogen (secondary N) is 1. The summed E-state index contributed by atoms with van der Waals surface area (Å²) in [7, 11) is 0. The minimum Gasteiger partial charge on any atom is -0.481 e. The Morgan fingerprint density at radius 3 is 2.62 bits per heavy atom. The molecule has 0 saturated carbocycles. The first-order valence-electron chi connectivity index (χ1n) is 6.45. The molecule has 0 atom stereocenters. The second-order valence-electron chi connectivity index (χ2n) is 4.71. The first kappa shape index (κ1) is 14.7. The zero-order chi connectivity index (χ0) is 15.4. The second kappa shape index (κ2) is 6.17. The number of carboxylic acids is 1. The van der Waals surface area contributed by atoms with Crippen LogP contribution in [0, 0.1) is 13.8 Å². The van der Waals surface area contributed by atoms with Gasteiger partial charge >= 0.3 is 5.97 Å². The lowest BCUT2D eigenvalue weighted by Crippen LogP contribution is -2.34. The number of carbonyl (C=O) groups is 2. The summed E-state index contributed by atoms with van der Waals surface area (Å²) in [6.45, 7) is 3.90. The lowest BCUT2D eigenvalue weighted by atomic mass is 10.1. The first-order chi connectivity index (χ1) is 9.99. The Bertz CT molecular complexity index is 652. The number of carboxylic acid groups (broad SMARTS) is 1. The van der Waals surface area contributed by atoms with Gasteiger partial charge in [-0.3, -0.25) is 14.5 Å². The van der Waals surface area contributed by atoms with E-state index in [0.29, 0.717) is 5.56 Å². The van der Waals surface area contributed by atoms with Crippen LogP contribution < -0.4 is 4.90 Å². The van der Waals surface area contributed by atoms with E-state index >= 15 is 0 Å². The number of carbonyl (C=O) groups excluding carboxylic acids is 1. The summed E-state index contributed by atoms with van der Waals surface area (Å²) in [6.07, 6.45) is 1.11. The normalized spacial score (nSPS) is 10.4. The van der Waals surface area contributed by atoms with E-state index in [-0.39, 0.29) is 24.8 Å². The van der Waals surface area contributed by atoms with Gasteiger partial charge in [0.2, 0.25) is 5.95 Å². The quantitative estimate of drug-likeness (QED) is 0.869. The number of benzene rings is 1. The maximum absolute atomic E-state index is 12.6. The number of amides is 1. The Hall–Kier alpha value is -2.70. The molecule has 0 bridgehead atoms. The summed E-state index contributed by atoms with van der Waals surface area (Å²) >= 11 is 0. The maximum Gasteiger partial charge on any atom is 0.305 e. The molecule has 0 aliphatic rings. The summed E-state index contributed by atoms with van der Waals surface area (Å²) in [6, 6.07) is 5.36. The van der Waals surface area contributed by atoms with Crippen LogP contribution in [0.1, 0.15) is 27.9 Å². The third-order valence-electron chi connectivity index (χ3n) is 3.21. The molecule has 2 N–H and O–H groups in total. The molecule has 0 aliphatic heterocycles. The van der Waals surface area contributed by atoms with Crippen LogP contribution in [0.2, 0.25) is 0 Å². The van der Waals surface area contributed by atoms with Crippen LogP contribution in [-0.2, 0) is 4.79 Å². The van der Waals surface area contributed by atoms with Crippen LogP contribution in [-0.4, -0.2) is 38.7 Å². The van der Waals surface area contributed by atoms with Crippen molar-refractivity contribution in [2.45, 2.75) is 20.3 Å². The van der Waals surface area contributed by atoms with Gasteiger partial charge in [-0.2, -0.15) is 10.1 Å². The summed E-state index contributed by atoms with van der Waals surface area (Å²) in [5.74, 6) is -1.05. The van der Waals surface area contributed by atoms with Crippen molar-refractivity contribution in [1.82, 2.24) is 15.2 Å². The number of rotatable bonds is 5. The van der Waals surface area contributed by atoms with Gasteiger partial charge in [0.1, 0.15) is 6.33 Å². The molecular weight excluding hydrogens is 272 g/mol. The fourth-order valence-electron chi connectivity index (χ4n) is 1.87. The van der Waals surface area contributed by atoms with Gasteiger partial charge in [-0.05, 0) is 37.1 Å². The number of nitrogens with zero attached hydrogens (tertiary/aromatic N) is 3. The number of aryl methyl sites for hydroxylation is 2. The number of hydrogen-bond acceptors (Lipinski definition) is 4. The van der Waals surface area contributed by atoms with Gasteiger partial charge < -0.3 is 5.11 Å². The summed E-state index contributed by atoms with van der Waals surface area (Å²) in [5, 5.41) is 15.1. The highest BCUT2D eigenvalue weighted by molar-refractivity contribution is 6.05. The Balaban J connectivity index is 2.29. The van der Waals surface area contributed by atoms with E-state index in [1.807, 2.05) is 19.9 Å². The molecule has 1 amide bonds. The number of hydrogen-bond donors (Lipinski definition) is 2. The van der Waals surface area contributed by atoms with E-state index in [2.05, 4.69) is 15.2 Å². The Morgan fingerprint density at radius 2 is 2.05 bits per heavy atom. The van der Waals surface area contributed by atoms with Crippen molar-refractivity contribution >= 4 is 17.8 Å². The van der Waals surface area contributed by atoms with Gasteiger partial charge in [0.05, 0.1) is 6.42 Å². The van der Waals surface area contributed by atoms with Crippen LogP contribution in [0.15, 0.2) is 24.5 Å². The molecule has 2 aromatic rings. The minimum atomic E-state index is -0.979. The van der Waals surface area contributed by atoms with E-state index in [9.17, 15) is 9.59 Å². The van der Waals surface area contributed by atoms with Crippen molar-refractivity contribution in [1.29, 1.82) is 0 Å². The Morgan fingerprint density at radius 1 is 1.29 bits per heavy atom. The summed E-state index contributed by atoms with van der Waals surface area (Å²) < 4.78 is 0. The minimum absolute atomic E-state index is 0.0241. The highest BCUT2D eigenvalue weighted by Gasteiger charge is 2.21. The first-order valence-corrected chi connectivity index (χ1v) is 6.45. The fraction of sp³-hybridized carbons (Fsp3) is 0.286. The predicted molar refractivity (Wildman–Crippen MR) is 76.2 cm³/mol. The number of H-pyrrole nitrogens is 1. The molecule has 7 nitrogen and oxygen atoms in total. The third kappa shape index (κ3) is 3.44. The molecule has 1 heterocycles. The molecule has 0 aliphatic carbocycles. The van der Waals surface area contributed by atoms with E-state index in [1.165, 1.54) is 11.2 Å². The molecule has 110 valence electrons. The standard InChI is InChI=1S/C14H16N4O3/c1-9-3-4-11(7-10(9)2)13(21)18(6-5-12(19)20)14-15-8-16-17-14/h3-4,7-8H,5-6H2,1-2H3,(H,19,20)(H,15,16,17). The highest BCUT2D eigenvalue weighted by Crippen LogP contribution is 2.15. The van der Waals surface area contributed by atoms with E-state index < -0.39 is 5.97 Å². The van der Waals surface area contributed by atoms with Crippen LogP contribution in [0.4, 0.5) is 5.95 Å². The van der Waals surface area contributed by atoms with Crippen LogP contribution >= 0.6 is 0 Å². The zero-order valence-corrected chi connectivity index (χ0v) is 11.8. The van der Waals surface area contributed by atoms with Gasteiger partial charge in [-0.1, -0.05) is 6.07 Å². The summed E-state index contributed by atoms with van der Waals surface area (Å²) in [4.78, 5) is 28.5. The highest BCUT2D eigenvalue weighted by atomic mass is 16.4. The van der Waals surface area contributed by atoms with Crippen LogP contribution in [0.3, 0.4) is 0 Å². The number of anilines is 1. The maximum atomic E-state index is 12.6. The third-order valence-corrected chi connectivity index (χ3v) is 3.21. The molecular formula is C14H16N4O3. The molecule has 0 radical (unpaired) electrons. The smallest absolute Gasteiger partial charge is 0.305 e. The molecule has 0 spiro atoms. The van der Waals surface area contributed by atoms with Crippen molar-refractivity contribution in [2.24, 2.45) is 0 Å². The second-order valence-corrected chi connectivity index (χ2v) is 4.71. The molecule has 7 heteroatoms. The number of aliphatic carboxylic acids is 1. The average molecular weight is 288 g/mol. The number of aromatic nitrogens is 3. The van der Waals surface area contributed by atoms with Crippen molar-refractivity contribution in [2.75, 3.05) is 11.4 Å². The topological polar surface area (TPSA) is 99.2 Å². The molecule has 1 aromatic carbocycles. The van der Waals surface area contributed by atoms with Gasteiger partial charge in [-0.25, -0.2) is 5.10 Å². The van der Waals surface area contributed by atoms with Crippen molar-refractivity contribution < 1.29 is 14.7 Å². The van der Waals surface area contributed by atoms with Crippen molar-refractivity contribution in [3.63, 3.8) is 0 Å². The Labute approximate surface area is 121 Å². The lowest BCUT2D eigenvalue weighted by Gasteiger charge is -2.19. The van der Waals surface area contributed by atoms with Crippen LogP contribution in [0.5, 0.6) is 0 Å². The fourth-order valence-corrected chi connectivity index (χ4v) is 1.87. The van der Waals surface area contributed by atoms with E-state index in [1.54, 1.807) is 12.1 Å². The SMILES string of the molecule is Cc1ccc(C(=O)N(CCC(=O)O)c2ncn[nH]2)cc1C. The zero-order valence-electron chi connectivity index (χ0n) is 11.8. The molecule has 0 fully saturated rings. The predicted octanol–water partition coefficient (Wildman–Crippen LogP) is 1.54. The van der Waals surface area contributed by atoms with Gasteiger partial charge in [0.25, 0.3) is 5.91 Å². The van der Waals surface area contributed by atoms with Gasteiger partial charge in [-0.15, -0.1) is 0 Å². The molecule has 0 unspecified atom stereocenters. The van der Waals surface area contributed by atoms with Gasteiger partial charge in [0, 0.05) is 12.1 Å². The molecule has 0 saturated heterocycles. The van der Waals surface area contributed by atoms with Gasteiger partial charge in [0.15, 0.2) is 0 Å². The van der Waals surface area contributed by atoms with E-state index in [4.69, 9.17) is 5.11 Å². The largest absolute Gasteiger partial charge is 0.481 e. The van der Waals surface area contributed by atoms with Crippen molar-refractivity contribution in [3.05, 3.63) is 41.2 Å². The molecule has 1 aromatic heterocycles. The number of aromatic amines is 1. The summed E-state index contributed by atoms with van der Waals surface area (Å²) in [5.41, 5.74) is 2.57. The molecule has 21 heavy (non-hydrogen) atoms. The van der Waals surface area contributed by atoms with Crippen LogP contribution in [0.25, 0.3) is 0 Å². The lowest BCUT2D eigenvalue weighted by molar-refractivity contribution is -0.136. The molecule has 2 rings (SSSR count). The average Bonchev–Trinajstić information content (AvgIpc) is 2.95.